The maximum absolute atomic E-state index is 10.4. The van der Waals surface area contributed by atoms with E-state index in [-0.39, 0.29) is 12.3 Å². The molecule has 0 fully saturated rings. The Morgan fingerprint density at radius 1 is 1.39 bits per heavy atom. The smallest absolute Gasteiger partial charge is 0.303 e. The fourth-order valence-electron chi connectivity index (χ4n) is 1.86. The third-order valence-electron chi connectivity index (χ3n) is 3.24. The highest BCUT2D eigenvalue weighted by Crippen LogP contribution is 2.28. The Balaban J connectivity index is 4.35. The summed E-state index contributed by atoms with van der Waals surface area (Å²) in [5.74, 6) is -0.662. The molecule has 2 N–H and O–H groups in total. The van der Waals surface area contributed by atoms with Crippen LogP contribution in [0.3, 0.4) is 0 Å². The molecule has 0 heterocycles. The minimum absolute atomic E-state index is 0.0960. The van der Waals surface area contributed by atoms with Crippen molar-refractivity contribution in [3.63, 3.8) is 0 Å². The predicted octanol–water partition coefficient (Wildman–Crippen LogP) is 3.54. The van der Waals surface area contributed by atoms with Crippen LogP contribution in [0.4, 0.5) is 0 Å². The number of carbonyl (C=O) groups is 1. The maximum Gasteiger partial charge on any atom is 0.303 e. The van der Waals surface area contributed by atoms with Crippen LogP contribution in [0.2, 0.25) is 0 Å². The van der Waals surface area contributed by atoms with E-state index < -0.39 is 11.6 Å². The minimum Gasteiger partial charge on any atom is -0.481 e. The van der Waals surface area contributed by atoms with Crippen LogP contribution in [-0.4, -0.2) is 21.8 Å². The molecule has 0 saturated carbocycles. The van der Waals surface area contributed by atoms with Gasteiger partial charge in [0.15, 0.2) is 0 Å². The van der Waals surface area contributed by atoms with Crippen molar-refractivity contribution < 1.29 is 15.0 Å². The summed E-state index contributed by atoms with van der Waals surface area (Å²) in [5.41, 5.74) is 0.334. The van der Waals surface area contributed by atoms with Crippen LogP contribution in [0, 0.1) is 5.92 Å². The quantitative estimate of drug-likeness (QED) is 0.489. The van der Waals surface area contributed by atoms with E-state index in [9.17, 15) is 9.90 Å². The normalized spacial score (nSPS) is 15.6. The van der Waals surface area contributed by atoms with Crippen LogP contribution >= 0.6 is 0 Å². The number of allylic oxidation sites excluding steroid dienone is 2. The molecular formula is C15H26O3. The van der Waals surface area contributed by atoms with E-state index in [2.05, 4.69) is 12.7 Å². The summed E-state index contributed by atoms with van der Waals surface area (Å²) < 4.78 is 0. The van der Waals surface area contributed by atoms with Crippen molar-refractivity contribution in [3.05, 3.63) is 24.3 Å². The number of aliphatic hydroxyl groups is 1. The number of carboxylic acids is 1. The molecule has 0 radical (unpaired) electrons. The molecule has 0 aromatic carbocycles. The van der Waals surface area contributed by atoms with Gasteiger partial charge in [-0.15, -0.1) is 6.58 Å². The first kappa shape index (κ1) is 16.9. The highest BCUT2D eigenvalue weighted by atomic mass is 16.4. The van der Waals surface area contributed by atoms with Crippen LogP contribution in [0.25, 0.3) is 0 Å². The maximum atomic E-state index is 10.4. The van der Waals surface area contributed by atoms with E-state index in [0.717, 1.165) is 19.3 Å². The van der Waals surface area contributed by atoms with Gasteiger partial charge in [-0.05, 0) is 46.0 Å². The Kier molecular flexibility index (Phi) is 7.60. The van der Waals surface area contributed by atoms with Gasteiger partial charge in [0.2, 0.25) is 0 Å². The molecule has 3 heteroatoms. The zero-order chi connectivity index (χ0) is 14.2. The second-order valence-corrected chi connectivity index (χ2v) is 5.28. The summed E-state index contributed by atoms with van der Waals surface area (Å²) in [6.07, 6.45) is 6.98. The van der Waals surface area contributed by atoms with Crippen molar-refractivity contribution in [3.8, 4) is 0 Å². The highest BCUT2D eigenvalue weighted by molar-refractivity contribution is 5.66. The fraction of sp³-hybridized carbons (Fsp3) is 0.667. The molecule has 0 aromatic rings. The van der Waals surface area contributed by atoms with E-state index >= 15 is 0 Å². The highest BCUT2D eigenvalue weighted by Gasteiger charge is 2.27. The molecule has 0 aliphatic rings. The number of aliphatic carboxylic acids is 1. The fourth-order valence-corrected chi connectivity index (χ4v) is 1.86. The molecule has 0 aliphatic carbocycles. The lowest BCUT2D eigenvalue weighted by Crippen LogP contribution is -2.31. The molecule has 0 aromatic heterocycles. The lowest BCUT2D eigenvalue weighted by Gasteiger charge is -2.29. The van der Waals surface area contributed by atoms with Crippen LogP contribution in [0.1, 0.15) is 52.9 Å². The number of unbranched alkanes of at least 4 members (excludes halogenated alkanes) is 1. The van der Waals surface area contributed by atoms with E-state index in [1.807, 2.05) is 13.8 Å². The van der Waals surface area contributed by atoms with E-state index in [4.69, 9.17) is 5.11 Å². The summed E-state index contributed by atoms with van der Waals surface area (Å²) in [5, 5.41) is 18.8. The van der Waals surface area contributed by atoms with Gasteiger partial charge in [0.05, 0.1) is 5.60 Å². The van der Waals surface area contributed by atoms with Crippen LogP contribution in [-0.2, 0) is 4.79 Å². The van der Waals surface area contributed by atoms with Crippen molar-refractivity contribution in [1.82, 2.24) is 0 Å². The number of rotatable bonds is 9. The van der Waals surface area contributed by atoms with Gasteiger partial charge >= 0.3 is 5.97 Å². The zero-order valence-corrected chi connectivity index (χ0v) is 11.8. The molecule has 2 unspecified atom stereocenters. The summed E-state index contributed by atoms with van der Waals surface area (Å²) in [4.78, 5) is 10.4. The SMILES string of the molecule is C=CC(C)(O)C(CC=C(C)C)CCCCC(=O)O. The van der Waals surface area contributed by atoms with Gasteiger partial charge in [-0.3, -0.25) is 4.79 Å². The third kappa shape index (κ3) is 7.28. The second kappa shape index (κ2) is 8.09. The zero-order valence-electron chi connectivity index (χ0n) is 11.8. The molecule has 18 heavy (non-hydrogen) atoms. The Morgan fingerprint density at radius 3 is 2.44 bits per heavy atom. The first-order chi connectivity index (χ1) is 8.29. The molecule has 0 saturated heterocycles. The molecular weight excluding hydrogens is 228 g/mol. The molecule has 2 atom stereocenters. The topological polar surface area (TPSA) is 57.5 Å². The molecule has 0 amide bonds. The number of hydrogen-bond acceptors (Lipinski definition) is 2. The van der Waals surface area contributed by atoms with E-state index in [1.54, 1.807) is 13.0 Å². The van der Waals surface area contributed by atoms with Crippen molar-refractivity contribution in [2.45, 2.75) is 58.5 Å². The van der Waals surface area contributed by atoms with Crippen molar-refractivity contribution in [2.24, 2.45) is 5.92 Å². The number of carboxylic acid groups (broad SMARTS) is 1. The number of hydrogen-bond donors (Lipinski definition) is 2. The van der Waals surface area contributed by atoms with E-state index in [0.29, 0.717) is 6.42 Å². The summed E-state index contributed by atoms with van der Waals surface area (Å²) >= 11 is 0. The van der Waals surface area contributed by atoms with Crippen molar-refractivity contribution in [1.29, 1.82) is 0 Å². The summed E-state index contributed by atoms with van der Waals surface area (Å²) in [6, 6.07) is 0. The minimum atomic E-state index is -0.894. The summed E-state index contributed by atoms with van der Waals surface area (Å²) in [7, 11) is 0. The molecule has 0 bridgehead atoms. The Hall–Kier alpha value is -1.09. The largest absolute Gasteiger partial charge is 0.481 e. The van der Waals surface area contributed by atoms with Gasteiger partial charge < -0.3 is 10.2 Å². The van der Waals surface area contributed by atoms with Crippen LogP contribution < -0.4 is 0 Å². The van der Waals surface area contributed by atoms with Gasteiger partial charge in [-0.25, -0.2) is 0 Å². The van der Waals surface area contributed by atoms with Gasteiger partial charge in [0, 0.05) is 6.42 Å². The van der Waals surface area contributed by atoms with Gasteiger partial charge in [-0.1, -0.05) is 24.1 Å². The van der Waals surface area contributed by atoms with E-state index in [1.165, 1.54) is 5.57 Å². The molecule has 0 spiro atoms. The molecule has 104 valence electrons. The van der Waals surface area contributed by atoms with Crippen molar-refractivity contribution in [2.75, 3.05) is 0 Å². The third-order valence-corrected chi connectivity index (χ3v) is 3.24. The second-order valence-electron chi connectivity index (χ2n) is 5.28. The Morgan fingerprint density at radius 2 is 2.00 bits per heavy atom. The van der Waals surface area contributed by atoms with Crippen LogP contribution in [0.5, 0.6) is 0 Å². The first-order valence-corrected chi connectivity index (χ1v) is 6.50. The van der Waals surface area contributed by atoms with Crippen LogP contribution in [0.15, 0.2) is 24.3 Å². The first-order valence-electron chi connectivity index (χ1n) is 6.50. The monoisotopic (exact) mass is 254 g/mol. The molecule has 0 rings (SSSR count). The molecule has 0 aliphatic heterocycles. The predicted molar refractivity (Wildman–Crippen MR) is 74.5 cm³/mol. The van der Waals surface area contributed by atoms with Gasteiger partial charge in [0.1, 0.15) is 0 Å². The van der Waals surface area contributed by atoms with Crippen molar-refractivity contribution >= 4 is 5.97 Å². The van der Waals surface area contributed by atoms with Gasteiger partial charge in [-0.2, -0.15) is 0 Å². The van der Waals surface area contributed by atoms with Gasteiger partial charge in [0.25, 0.3) is 0 Å². The summed E-state index contributed by atoms with van der Waals surface area (Å²) in [6.45, 7) is 9.50. The average molecular weight is 254 g/mol. The Labute approximate surface area is 110 Å². The lowest BCUT2D eigenvalue weighted by molar-refractivity contribution is -0.137. The lowest BCUT2D eigenvalue weighted by atomic mass is 9.82. The average Bonchev–Trinajstić information content (AvgIpc) is 2.26. The Bertz CT molecular complexity index is 299. The molecule has 3 nitrogen and oxygen atoms in total. The standard InChI is InChI=1S/C15H26O3/c1-5-15(4,18)13(11-10-12(2)3)8-6-7-9-14(16)17/h5,10,13,18H,1,6-9,11H2,2-4H3,(H,16,17).